The summed E-state index contributed by atoms with van der Waals surface area (Å²) in [5.74, 6) is 2.87. The van der Waals surface area contributed by atoms with Crippen LogP contribution in [0.25, 0.3) is 0 Å². The molecule has 0 atom stereocenters. The Morgan fingerprint density at radius 2 is 2.19 bits per heavy atom. The maximum atomic E-state index is 5.51. The maximum Gasteiger partial charge on any atom is 0.204 e. The molecule has 84 valence electrons. The average molecular weight is 235 g/mol. The Morgan fingerprint density at radius 3 is 2.75 bits per heavy atom. The zero-order chi connectivity index (χ0) is 11.5. The number of thioether (sulfide) groups is 1. The van der Waals surface area contributed by atoms with Gasteiger partial charge in [0, 0.05) is 11.1 Å². The molecule has 2 heterocycles. The molecule has 0 aliphatic carbocycles. The molecular weight excluding hydrogens is 222 g/mol. The van der Waals surface area contributed by atoms with E-state index in [0.29, 0.717) is 11.6 Å². The van der Waals surface area contributed by atoms with E-state index in [9.17, 15) is 0 Å². The molecule has 4 nitrogen and oxygen atoms in total. The summed E-state index contributed by atoms with van der Waals surface area (Å²) in [5, 5.41) is 0. The molecule has 16 heavy (non-hydrogen) atoms. The Labute approximate surface area is 98.3 Å². The first-order chi connectivity index (χ1) is 7.65. The molecular formula is C11H13N3OS. The van der Waals surface area contributed by atoms with E-state index >= 15 is 0 Å². The number of nitrogen functional groups attached to an aromatic ring is 1. The number of aromatic nitrogens is 2. The average Bonchev–Trinajstić information content (AvgIpc) is 2.58. The third-order valence-corrected chi connectivity index (χ3v) is 3.16. The van der Waals surface area contributed by atoms with Gasteiger partial charge >= 0.3 is 0 Å². The summed E-state index contributed by atoms with van der Waals surface area (Å²) in [4.78, 5) is 9.39. The SMILES string of the molecule is Cc1nc(CSc2ccc(N)nc2)oc1C. The molecule has 0 aliphatic heterocycles. The number of pyridine rings is 1. The van der Waals surface area contributed by atoms with Gasteiger partial charge < -0.3 is 10.2 Å². The van der Waals surface area contributed by atoms with Crippen molar-refractivity contribution in [1.82, 2.24) is 9.97 Å². The van der Waals surface area contributed by atoms with Gasteiger partial charge in [-0.1, -0.05) is 0 Å². The molecule has 0 amide bonds. The highest BCUT2D eigenvalue weighted by atomic mass is 32.2. The van der Waals surface area contributed by atoms with Crippen molar-refractivity contribution < 1.29 is 4.42 Å². The van der Waals surface area contributed by atoms with E-state index in [1.807, 2.05) is 19.9 Å². The lowest BCUT2D eigenvalue weighted by Gasteiger charge is -1.98. The van der Waals surface area contributed by atoms with E-state index in [-0.39, 0.29) is 0 Å². The monoisotopic (exact) mass is 235 g/mol. The first-order valence-corrected chi connectivity index (χ1v) is 5.91. The van der Waals surface area contributed by atoms with Crippen molar-refractivity contribution in [1.29, 1.82) is 0 Å². The van der Waals surface area contributed by atoms with Crippen molar-refractivity contribution in [3.8, 4) is 0 Å². The highest BCUT2D eigenvalue weighted by Crippen LogP contribution is 2.22. The number of aryl methyl sites for hydroxylation is 2. The van der Waals surface area contributed by atoms with Crippen LogP contribution >= 0.6 is 11.8 Å². The molecule has 2 rings (SSSR count). The minimum atomic E-state index is 0.534. The van der Waals surface area contributed by atoms with Crippen LogP contribution in [0.1, 0.15) is 17.3 Å². The van der Waals surface area contributed by atoms with Gasteiger partial charge in [-0.3, -0.25) is 0 Å². The van der Waals surface area contributed by atoms with Crippen molar-refractivity contribution in [2.45, 2.75) is 24.5 Å². The van der Waals surface area contributed by atoms with Crippen molar-refractivity contribution in [2.75, 3.05) is 5.73 Å². The lowest BCUT2D eigenvalue weighted by atomic mass is 10.4. The minimum Gasteiger partial charge on any atom is -0.445 e. The summed E-state index contributed by atoms with van der Waals surface area (Å²) in [5.41, 5.74) is 6.46. The minimum absolute atomic E-state index is 0.534. The lowest BCUT2D eigenvalue weighted by molar-refractivity contribution is 0.489. The standard InChI is InChI=1S/C11H13N3OS/c1-7-8(2)15-11(14-7)6-16-9-3-4-10(12)13-5-9/h3-5H,6H2,1-2H3,(H2,12,13). The lowest BCUT2D eigenvalue weighted by Crippen LogP contribution is -1.88. The molecule has 0 fully saturated rings. The molecule has 0 saturated carbocycles. The number of rotatable bonds is 3. The topological polar surface area (TPSA) is 64.9 Å². The molecule has 0 spiro atoms. The molecule has 0 aliphatic rings. The van der Waals surface area contributed by atoms with Crippen molar-refractivity contribution in [3.05, 3.63) is 35.7 Å². The van der Waals surface area contributed by atoms with Crippen molar-refractivity contribution in [2.24, 2.45) is 0 Å². The van der Waals surface area contributed by atoms with E-state index in [1.165, 1.54) is 0 Å². The summed E-state index contributed by atoms with van der Waals surface area (Å²) in [6.07, 6.45) is 1.75. The van der Waals surface area contributed by atoms with Crippen LogP contribution in [0.2, 0.25) is 0 Å². The van der Waals surface area contributed by atoms with Gasteiger partial charge in [0.1, 0.15) is 11.6 Å². The summed E-state index contributed by atoms with van der Waals surface area (Å²) < 4.78 is 5.48. The van der Waals surface area contributed by atoms with Gasteiger partial charge in [-0.2, -0.15) is 0 Å². The Hall–Kier alpha value is -1.49. The van der Waals surface area contributed by atoms with Crippen LogP contribution in [-0.2, 0) is 5.75 Å². The molecule has 2 aromatic heterocycles. The quantitative estimate of drug-likeness (QED) is 0.828. The summed E-state index contributed by atoms with van der Waals surface area (Å²) >= 11 is 1.63. The fraction of sp³-hybridized carbons (Fsp3) is 0.273. The predicted octanol–water partition coefficient (Wildman–Crippen LogP) is 2.56. The smallest absolute Gasteiger partial charge is 0.204 e. The van der Waals surface area contributed by atoms with Gasteiger partial charge in [0.15, 0.2) is 0 Å². The summed E-state index contributed by atoms with van der Waals surface area (Å²) in [6, 6.07) is 3.73. The maximum absolute atomic E-state index is 5.51. The van der Waals surface area contributed by atoms with E-state index in [1.54, 1.807) is 24.0 Å². The number of nitrogens with zero attached hydrogens (tertiary/aromatic N) is 2. The van der Waals surface area contributed by atoms with Crippen LogP contribution in [0, 0.1) is 13.8 Å². The van der Waals surface area contributed by atoms with E-state index in [0.717, 1.165) is 22.2 Å². The third-order valence-electron chi connectivity index (χ3n) is 2.19. The molecule has 5 heteroatoms. The molecule has 0 unspecified atom stereocenters. The number of oxazole rings is 1. The summed E-state index contributed by atoms with van der Waals surface area (Å²) in [7, 11) is 0. The fourth-order valence-corrected chi connectivity index (χ4v) is 1.93. The largest absolute Gasteiger partial charge is 0.445 e. The van der Waals surface area contributed by atoms with E-state index < -0.39 is 0 Å². The highest BCUT2D eigenvalue weighted by Gasteiger charge is 2.05. The number of anilines is 1. The zero-order valence-corrected chi connectivity index (χ0v) is 10.0. The van der Waals surface area contributed by atoms with Crippen LogP contribution in [0.3, 0.4) is 0 Å². The molecule has 2 N–H and O–H groups in total. The molecule has 0 bridgehead atoms. The second-order valence-electron chi connectivity index (χ2n) is 3.46. The Morgan fingerprint density at radius 1 is 1.38 bits per heavy atom. The van der Waals surface area contributed by atoms with E-state index in [4.69, 9.17) is 10.2 Å². The van der Waals surface area contributed by atoms with Gasteiger partial charge in [0.2, 0.25) is 5.89 Å². The first kappa shape index (κ1) is 11.0. The first-order valence-electron chi connectivity index (χ1n) is 4.92. The van der Waals surface area contributed by atoms with Gasteiger partial charge in [-0.25, -0.2) is 9.97 Å². The Bertz CT molecular complexity index is 459. The molecule has 0 radical (unpaired) electrons. The van der Waals surface area contributed by atoms with E-state index in [2.05, 4.69) is 9.97 Å². The molecule has 2 aromatic rings. The molecule has 0 saturated heterocycles. The van der Waals surface area contributed by atoms with Gasteiger partial charge in [-0.05, 0) is 26.0 Å². The second kappa shape index (κ2) is 4.57. The number of hydrogen-bond acceptors (Lipinski definition) is 5. The number of hydrogen-bond donors (Lipinski definition) is 1. The van der Waals surface area contributed by atoms with Gasteiger partial charge in [0.05, 0.1) is 11.4 Å². The molecule has 0 aromatic carbocycles. The highest BCUT2D eigenvalue weighted by molar-refractivity contribution is 7.98. The Kier molecular flexibility index (Phi) is 3.14. The Balaban J connectivity index is 1.99. The normalized spacial score (nSPS) is 10.6. The van der Waals surface area contributed by atoms with Crippen molar-refractivity contribution >= 4 is 17.6 Å². The predicted molar refractivity (Wildman–Crippen MR) is 64.2 cm³/mol. The van der Waals surface area contributed by atoms with Crippen LogP contribution in [0.15, 0.2) is 27.6 Å². The second-order valence-corrected chi connectivity index (χ2v) is 4.51. The fourth-order valence-electron chi connectivity index (χ4n) is 1.22. The van der Waals surface area contributed by atoms with Gasteiger partial charge in [-0.15, -0.1) is 11.8 Å². The zero-order valence-electron chi connectivity index (χ0n) is 9.23. The van der Waals surface area contributed by atoms with Crippen LogP contribution in [-0.4, -0.2) is 9.97 Å². The van der Waals surface area contributed by atoms with Crippen LogP contribution in [0.5, 0.6) is 0 Å². The van der Waals surface area contributed by atoms with Crippen LogP contribution in [0.4, 0.5) is 5.82 Å². The van der Waals surface area contributed by atoms with Crippen LogP contribution < -0.4 is 5.73 Å². The third kappa shape index (κ3) is 2.55. The van der Waals surface area contributed by atoms with Crippen molar-refractivity contribution in [3.63, 3.8) is 0 Å². The van der Waals surface area contributed by atoms with Gasteiger partial charge in [0.25, 0.3) is 0 Å². The number of nitrogens with two attached hydrogens (primary N) is 1. The summed E-state index contributed by atoms with van der Waals surface area (Å²) in [6.45, 7) is 3.86.